The third-order valence-electron chi connectivity index (χ3n) is 4.46. The number of hydrogen-bond acceptors (Lipinski definition) is 3. The predicted octanol–water partition coefficient (Wildman–Crippen LogP) is 3.72. The van der Waals surface area contributed by atoms with Gasteiger partial charge in [0.25, 0.3) is 5.91 Å². The summed E-state index contributed by atoms with van der Waals surface area (Å²) in [5.74, 6) is -0.0201. The first-order chi connectivity index (χ1) is 12.1. The van der Waals surface area contributed by atoms with Crippen LogP contribution in [0.25, 0.3) is 0 Å². The van der Waals surface area contributed by atoms with Gasteiger partial charge in [-0.15, -0.1) is 11.3 Å². The Kier molecular flexibility index (Phi) is 6.26. The highest BCUT2D eigenvalue weighted by molar-refractivity contribution is 9.10. The Morgan fingerprint density at radius 1 is 1.24 bits per heavy atom. The van der Waals surface area contributed by atoms with E-state index < -0.39 is 0 Å². The molecule has 0 radical (unpaired) electrons. The maximum absolute atomic E-state index is 12.5. The lowest BCUT2D eigenvalue weighted by Gasteiger charge is -2.31. The van der Waals surface area contributed by atoms with E-state index in [0.29, 0.717) is 13.1 Å². The molecule has 132 valence electrons. The molecule has 0 bridgehead atoms. The summed E-state index contributed by atoms with van der Waals surface area (Å²) in [5.41, 5.74) is 1.18. The molecular formula is C19H21BrN2O2S. The van der Waals surface area contributed by atoms with E-state index in [-0.39, 0.29) is 17.7 Å². The van der Waals surface area contributed by atoms with Crippen LogP contribution in [0.5, 0.6) is 0 Å². The second kappa shape index (κ2) is 8.63. The molecule has 1 fully saturated rings. The molecule has 0 aliphatic carbocycles. The number of hydrogen-bond donors (Lipinski definition) is 1. The van der Waals surface area contributed by atoms with Crippen molar-refractivity contribution >= 4 is 39.1 Å². The first-order valence-electron chi connectivity index (χ1n) is 8.49. The van der Waals surface area contributed by atoms with Gasteiger partial charge in [0.1, 0.15) is 0 Å². The smallest absolute Gasteiger partial charge is 0.263 e. The molecule has 1 aliphatic heterocycles. The lowest BCUT2D eigenvalue weighted by atomic mass is 9.97. The van der Waals surface area contributed by atoms with Gasteiger partial charge in [0.2, 0.25) is 5.91 Å². The highest BCUT2D eigenvalue weighted by Gasteiger charge is 2.29. The Hall–Kier alpha value is -1.66. The Morgan fingerprint density at radius 3 is 2.84 bits per heavy atom. The van der Waals surface area contributed by atoms with Crippen molar-refractivity contribution in [2.24, 2.45) is 5.92 Å². The van der Waals surface area contributed by atoms with E-state index in [0.717, 1.165) is 35.2 Å². The van der Waals surface area contributed by atoms with Gasteiger partial charge in [0.15, 0.2) is 0 Å². The van der Waals surface area contributed by atoms with Gasteiger partial charge in [-0.05, 0) is 42.3 Å². The van der Waals surface area contributed by atoms with Crippen LogP contribution >= 0.6 is 27.3 Å². The number of carbonyl (C=O) groups is 2. The van der Waals surface area contributed by atoms with E-state index >= 15 is 0 Å². The maximum Gasteiger partial charge on any atom is 0.263 e. The number of halogens is 1. The zero-order valence-corrected chi connectivity index (χ0v) is 16.3. The average molecular weight is 421 g/mol. The van der Waals surface area contributed by atoms with Gasteiger partial charge in [0.05, 0.1) is 10.8 Å². The summed E-state index contributed by atoms with van der Waals surface area (Å²) >= 11 is 4.98. The number of thiophene rings is 1. The maximum atomic E-state index is 12.5. The summed E-state index contributed by atoms with van der Waals surface area (Å²) < 4.78 is 1.06. The summed E-state index contributed by atoms with van der Waals surface area (Å²) in [6.07, 6.45) is 2.51. The van der Waals surface area contributed by atoms with Gasteiger partial charge in [-0.25, -0.2) is 0 Å². The van der Waals surface area contributed by atoms with Gasteiger partial charge >= 0.3 is 0 Å². The SMILES string of the molecule is O=C(NCCc1ccccc1Br)C1CCCN(C(=O)c2cccs2)C1. The molecule has 1 aliphatic rings. The van der Waals surface area contributed by atoms with Crippen molar-refractivity contribution in [1.82, 2.24) is 10.2 Å². The Morgan fingerprint density at radius 2 is 2.08 bits per heavy atom. The number of rotatable bonds is 5. The van der Waals surface area contributed by atoms with E-state index in [9.17, 15) is 9.59 Å². The van der Waals surface area contributed by atoms with Gasteiger partial charge in [0, 0.05) is 24.1 Å². The molecule has 1 atom stereocenters. The lowest BCUT2D eigenvalue weighted by molar-refractivity contribution is -0.126. The molecule has 0 saturated carbocycles. The third kappa shape index (κ3) is 4.70. The van der Waals surface area contributed by atoms with Crippen LogP contribution in [0, 0.1) is 5.92 Å². The number of benzene rings is 1. The van der Waals surface area contributed by atoms with Crippen LogP contribution in [0.2, 0.25) is 0 Å². The molecule has 3 rings (SSSR count). The van der Waals surface area contributed by atoms with Crippen molar-refractivity contribution in [1.29, 1.82) is 0 Å². The normalized spacial score (nSPS) is 17.3. The molecule has 2 aromatic rings. The van der Waals surface area contributed by atoms with E-state index in [1.807, 2.05) is 40.6 Å². The van der Waals surface area contributed by atoms with Gasteiger partial charge in [-0.1, -0.05) is 40.2 Å². The van der Waals surface area contributed by atoms with Crippen LogP contribution in [0.1, 0.15) is 28.1 Å². The molecule has 1 unspecified atom stereocenters. The zero-order chi connectivity index (χ0) is 17.6. The Bertz CT molecular complexity index is 733. The van der Waals surface area contributed by atoms with Crippen molar-refractivity contribution in [3.8, 4) is 0 Å². The number of nitrogens with zero attached hydrogens (tertiary/aromatic N) is 1. The van der Waals surface area contributed by atoms with Crippen LogP contribution in [0.4, 0.5) is 0 Å². The zero-order valence-electron chi connectivity index (χ0n) is 13.9. The Labute approximate surface area is 160 Å². The van der Waals surface area contributed by atoms with Gasteiger partial charge < -0.3 is 10.2 Å². The highest BCUT2D eigenvalue weighted by Crippen LogP contribution is 2.21. The van der Waals surface area contributed by atoms with E-state index in [1.54, 1.807) is 0 Å². The summed E-state index contributed by atoms with van der Waals surface area (Å²) in [4.78, 5) is 27.5. The monoisotopic (exact) mass is 420 g/mol. The van der Waals surface area contributed by atoms with E-state index in [1.165, 1.54) is 16.9 Å². The molecule has 1 aromatic carbocycles. The van der Waals surface area contributed by atoms with E-state index in [2.05, 4.69) is 27.3 Å². The second-order valence-electron chi connectivity index (χ2n) is 6.20. The summed E-state index contributed by atoms with van der Waals surface area (Å²) in [6, 6.07) is 11.8. The number of nitrogens with one attached hydrogen (secondary N) is 1. The topological polar surface area (TPSA) is 49.4 Å². The molecule has 2 heterocycles. The lowest BCUT2D eigenvalue weighted by Crippen LogP contribution is -2.45. The van der Waals surface area contributed by atoms with Crippen molar-refractivity contribution in [3.63, 3.8) is 0 Å². The molecule has 0 spiro atoms. The van der Waals surface area contributed by atoms with Crippen LogP contribution in [-0.2, 0) is 11.2 Å². The molecule has 4 nitrogen and oxygen atoms in total. The largest absolute Gasteiger partial charge is 0.355 e. The van der Waals surface area contributed by atoms with Crippen LogP contribution in [0.15, 0.2) is 46.3 Å². The fraction of sp³-hybridized carbons (Fsp3) is 0.368. The molecular weight excluding hydrogens is 400 g/mol. The van der Waals surface area contributed by atoms with Crippen LogP contribution < -0.4 is 5.32 Å². The third-order valence-corrected chi connectivity index (χ3v) is 6.09. The standard InChI is InChI=1S/C19H21BrN2O2S/c20-16-7-2-1-5-14(16)9-10-21-18(23)15-6-3-11-22(13-15)19(24)17-8-4-12-25-17/h1-2,4-5,7-8,12,15H,3,6,9-11,13H2,(H,21,23). The molecule has 2 amide bonds. The number of amides is 2. The summed E-state index contributed by atoms with van der Waals surface area (Å²) in [7, 11) is 0. The summed E-state index contributed by atoms with van der Waals surface area (Å²) in [6.45, 7) is 1.85. The van der Waals surface area contributed by atoms with E-state index in [4.69, 9.17) is 0 Å². The molecule has 6 heteroatoms. The second-order valence-corrected chi connectivity index (χ2v) is 8.00. The molecule has 1 aromatic heterocycles. The van der Waals surface area contributed by atoms with Crippen LogP contribution in [-0.4, -0.2) is 36.3 Å². The number of carbonyl (C=O) groups excluding carboxylic acids is 2. The minimum Gasteiger partial charge on any atom is -0.355 e. The van der Waals surface area contributed by atoms with Gasteiger partial charge in [-0.3, -0.25) is 9.59 Å². The van der Waals surface area contributed by atoms with Crippen molar-refractivity contribution in [3.05, 3.63) is 56.7 Å². The number of likely N-dealkylation sites (tertiary alicyclic amines) is 1. The first-order valence-corrected chi connectivity index (χ1v) is 10.2. The van der Waals surface area contributed by atoms with Crippen molar-refractivity contribution in [2.75, 3.05) is 19.6 Å². The minimum absolute atomic E-state index is 0.0423. The van der Waals surface area contributed by atoms with Crippen LogP contribution in [0.3, 0.4) is 0 Å². The fourth-order valence-corrected chi connectivity index (χ4v) is 4.27. The van der Waals surface area contributed by atoms with Gasteiger partial charge in [-0.2, -0.15) is 0 Å². The first kappa shape index (κ1) is 18.1. The Balaban J connectivity index is 1.50. The molecule has 1 N–H and O–H groups in total. The highest BCUT2D eigenvalue weighted by atomic mass is 79.9. The predicted molar refractivity (Wildman–Crippen MR) is 104 cm³/mol. The fourth-order valence-electron chi connectivity index (χ4n) is 3.10. The minimum atomic E-state index is -0.114. The quantitative estimate of drug-likeness (QED) is 0.800. The number of piperidine rings is 1. The van der Waals surface area contributed by atoms with Crippen molar-refractivity contribution in [2.45, 2.75) is 19.3 Å². The molecule has 25 heavy (non-hydrogen) atoms. The van der Waals surface area contributed by atoms with Crippen molar-refractivity contribution < 1.29 is 9.59 Å². The summed E-state index contributed by atoms with van der Waals surface area (Å²) in [5, 5.41) is 4.93. The molecule has 1 saturated heterocycles. The average Bonchev–Trinajstić information content (AvgIpc) is 3.17.